The molecule has 4 heterocycles. The quantitative estimate of drug-likeness (QED) is 0.171. The molecule has 1 aliphatic carbocycles. The zero-order valence-electron chi connectivity index (χ0n) is 24.9. The number of nitrogens with zero attached hydrogens (tertiary/aromatic N) is 2. The van der Waals surface area contributed by atoms with E-state index < -0.39 is 0 Å². The highest BCUT2D eigenvalue weighted by Crippen LogP contribution is 2.54. The van der Waals surface area contributed by atoms with Crippen LogP contribution < -0.4 is 0 Å². The minimum absolute atomic E-state index is 0.0696. The van der Waals surface area contributed by atoms with E-state index in [2.05, 4.69) is 144 Å². The van der Waals surface area contributed by atoms with Crippen LogP contribution >= 0.6 is 0 Å². The highest BCUT2D eigenvalue weighted by molar-refractivity contribution is 6.33. The van der Waals surface area contributed by atoms with E-state index in [1.807, 2.05) is 0 Å². The third kappa shape index (κ3) is 2.37. The molecule has 11 aromatic rings. The van der Waals surface area contributed by atoms with Crippen molar-refractivity contribution in [3.8, 4) is 11.1 Å². The normalized spacial score (nSPS) is 14.6. The molecule has 0 radical (unpaired) electrons. The Kier molecular flexibility index (Phi) is 3.66. The van der Waals surface area contributed by atoms with Crippen LogP contribution in [0.1, 0.15) is 25.0 Å². The van der Waals surface area contributed by atoms with Gasteiger partial charge in [0.15, 0.2) is 0 Å². The fraction of sp³-hybridized carbons (Fsp3) is 0.0698. The topological polar surface area (TPSA) is 8.82 Å². The number of fused-ring (bicyclic) bond motifs is 18. The molecule has 2 heteroatoms. The van der Waals surface area contributed by atoms with Gasteiger partial charge in [0.25, 0.3) is 0 Å². The first-order valence-electron chi connectivity index (χ1n) is 16.0. The van der Waals surface area contributed by atoms with Crippen molar-refractivity contribution in [3.63, 3.8) is 0 Å². The Morgan fingerprint density at radius 1 is 0.422 bits per heavy atom. The van der Waals surface area contributed by atoms with Crippen LogP contribution in [-0.2, 0) is 5.41 Å². The maximum Gasteiger partial charge on any atom is 0.0626 e. The van der Waals surface area contributed by atoms with Gasteiger partial charge in [-0.15, -0.1) is 0 Å². The van der Waals surface area contributed by atoms with Gasteiger partial charge in [-0.05, 0) is 63.4 Å². The lowest BCUT2D eigenvalue weighted by atomic mass is 9.80. The summed E-state index contributed by atoms with van der Waals surface area (Å²) in [6.07, 6.45) is 0. The molecule has 208 valence electrons. The molecule has 1 aliphatic rings. The molecule has 0 fully saturated rings. The van der Waals surface area contributed by atoms with Crippen LogP contribution in [0.5, 0.6) is 0 Å². The Bertz CT molecular complexity index is 3110. The average molecular weight is 571 g/mol. The molecule has 0 amide bonds. The van der Waals surface area contributed by atoms with Gasteiger partial charge in [0, 0.05) is 48.5 Å². The van der Waals surface area contributed by atoms with Crippen molar-refractivity contribution in [1.29, 1.82) is 0 Å². The molecule has 0 N–H and O–H groups in total. The molecule has 0 saturated carbocycles. The summed E-state index contributed by atoms with van der Waals surface area (Å²) in [7, 11) is 0. The molecule has 45 heavy (non-hydrogen) atoms. The molecule has 0 bridgehead atoms. The van der Waals surface area contributed by atoms with Gasteiger partial charge >= 0.3 is 0 Å². The summed E-state index contributed by atoms with van der Waals surface area (Å²) in [6.45, 7) is 4.81. The van der Waals surface area contributed by atoms with E-state index in [1.165, 1.54) is 109 Å². The summed E-state index contributed by atoms with van der Waals surface area (Å²) >= 11 is 0. The van der Waals surface area contributed by atoms with Gasteiger partial charge in [0.2, 0.25) is 0 Å². The SMILES string of the molecule is CC1(C)c2ccccc2-c2ccc3c(c21)c1cccc2c4cc5c6cc7ccccc7c7c8ccccc8n(c5cc4n3c21)c67. The summed E-state index contributed by atoms with van der Waals surface area (Å²) < 4.78 is 5.10. The molecule has 0 aliphatic heterocycles. The van der Waals surface area contributed by atoms with Crippen molar-refractivity contribution >= 4 is 87.0 Å². The third-order valence-corrected chi connectivity index (χ3v) is 11.3. The van der Waals surface area contributed by atoms with Crippen LogP contribution in [0.15, 0.2) is 121 Å². The average Bonchev–Trinajstić information content (AvgIpc) is 3.83. The molecule has 7 aromatic carbocycles. The Balaban J connectivity index is 1.31. The number of hydrogen-bond donors (Lipinski definition) is 0. The molecular weight excluding hydrogens is 544 g/mol. The zero-order chi connectivity index (χ0) is 29.3. The van der Waals surface area contributed by atoms with Gasteiger partial charge in [-0.1, -0.05) is 105 Å². The third-order valence-electron chi connectivity index (χ3n) is 11.3. The molecule has 0 atom stereocenters. The van der Waals surface area contributed by atoms with Gasteiger partial charge in [-0.3, -0.25) is 0 Å². The van der Waals surface area contributed by atoms with Gasteiger partial charge in [0.05, 0.1) is 33.1 Å². The van der Waals surface area contributed by atoms with Crippen LogP contribution in [0.4, 0.5) is 0 Å². The van der Waals surface area contributed by atoms with Crippen molar-refractivity contribution in [2.75, 3.05) is 0 Å². The summed E-state index contributed by atoms with van der Waals surface area (Å²) in [5.74, 6) is 0. The van der Waals surface area contributed by atoms with Crippen LogP contribution in [0.3, 0.4) is 0 Å². The molecule has 0 unspecified atom stereocenters. The van der Waals surface area contributed by atoms with E-state index in [-0.39, 0.29) is 5.41 Å². The standard InChI is InChI=1S/C43H26N2/c1-43(2)33-16-7-5-12-25(33)26-18-19-35-39(40(26)43)29-15-9-14-27-30-21-31-32-20-23-10-3-4-11-24(23)38-28-13-6-8-17-34(28)44(42(32)38)37(31)22-36(30)45(35)41(27)29/h3-22H,1-2H3. The van der Waals surface area contributed by atoms with Gasteiger partial charge in [0.1, 0.15) is 0 Å². The smallest absolute Gasteiger partial charge is 0.0626 e. The predicted molar refractivity (Wildman–Crippen MR) is 191 cm³/mol. The first kappa shape index (κ1) is 22.9. The second-order valence-corrected chi connectivity index (χ2v) is 13.7. The van der Waals surface area contributed by atoms with E-state index in [0.29, 0.717) is 0 Å². The van der Waals surface area contributed by atoms with Crippen LogP contribution in [-0.4, -0.2) is 8.80 Å². The van der Waals surface area contributed by atoms with E-state index >= 15 is 0 Å². The summed E-state index contributed by atoms with van der Waals surface area (Å²) in [5, 5.41) is 13.4. The summed E-state index contributed by atoms with van der Waals surface area (Å²) in [4.78, 5) is 0. The lowest BCUT2D eigenvalue weighted by Gasteiger charge is -2.22. The van der Waals surface area contributed by atoms with Gasteiger partial charge < -0.3 is 8.80 Å². The fourth-order valence-electron chi connectivity index (χ4n) is 9.57. The second kappa shape index (κ2) is 7.20. The Hall–Kier alpha value is -5.60. The molecule has 0 spiro atoms. The maximum absolute atomic E-state index is 2.57. The van der Waals surface area contributed by atoms with Crippen molar-refractivity contribution in [1.82, 2.24) is 8.80 Å². The highest BCUT2D eigenvalue weighted by atomic mass is 14.9. The van der Waals surface area contributed by atoms with Crippen molar-refractivity contribution in [2.45, 2.75) is 19.3 Å². The van der Waals surface area contributed by atoms with Crippen molar-refractivity contribution in [2.24, 2.45) is 0 Å². The Morgan fingerprint density at radius 3 is 2.04 bits per heavy atom. The summed E-state index contributed by atoms with van der Waals surface area (Å²) in [5.41, 5.74) is 13.4. The minimum atomic E-state index is -0.0696. The van der Waals surface area contributed by atoms with E-state index in [1.54, 1.807) is 0 Å². The van der Waals surface area contributed by atoms with Gasteiger partial charge in [-0.25, -0.2) is 0 Å². The minimum Gasteiger partial charge on any atom is -0.308 e. The lowest BCUT2D eigenvalue weighted by Crippen LogP contribution is -2.15. The molecular formula is C43H26N2. The van der Waals surface area contributed by atoms with E-state index in [0.717, 1.165) is 0 Å². The first-order chi connectivity index (χ1) is 22.1. The lowest BCUT2D eigenvalue weighted by molar-refractivity contribution is 0.666. The van der Waals surface area contributed by atoms with Crippen LogP contribution in [0.25, 0.3) is 98.1 Å². The van der Waals surface area contributed by atoms with Gasteiger partial charge in [-0.2, -0.15) is 0 Å². The maximum atomic E-state index is 2.57. The fourth-order valence-corrected chi connectivity index (χ4v) is 9.57. The van der Waals surface area contributed by atoms with Crippen molar-refractivity contribution in [3.05, 3.63) is 132 Å². The largest absolute Gasteiger partial charge is 0.308 e. The number of para-hydroxylation sites is 2. The molecule has 2 nitrogen and oxygen atoms in total. The van der Waals surface area contributed by atoms with E-state index in [4.69, 9.17) is 0 Å². The first-order valence-corrected chi connectivity index (χ1v) is 16.0. The number of rotatable bonds is 0. The van der Waals surface area contributed by atoms with Crippen LogP contribution in [0.2, 0.25) is 0 Å². The van der Waals surface area contributed by atoms with E-state index in [9.17, 15) is 0 Å². The monoisotopic (exact) mass is 570 g/mol. The number of aromatic nitrogens is 2. The second-order valence-electron chi connectivity index (χ2n) is 13.7. The predicted octanol–water partition coefficient (Wildman–Crippen LogP) is 11.4. The summed E-state index contributed by atoms with van der Waals surface area (Å²) in [6, 6.07) is 45.9. The zero-order valence-corrected chi connectivity index (χ0v) is 24.9. The highest BCUT2D eigenvalue weighted by Gasteiger charge is 2.38. The van der Waals surface area contributed by atoms with Crippen molar-refractivity contribution < 1.29 is 0 Å². The molecule has 4 aromatic heterocycles. The number of benzene rings is 7. The number of hydrogen-bond acceptors (Lipinski definition) is 0. The Labute approximate surface area is 258 Å². The Morgan fingerprint density at radius 2 is 1.13 bits per heavy atom. The van der Waals surface area contributed by atoms with Crippen LogP contribution in [0, 0.1) is 0 Å². The molecule has 12 rings (SSSR count). The molecule has 0 saturated heterocycles.